The van der Waals surface area contributed by atoms with Crippen LogP contribution in [0.1, 0.15) is 232 Å². The molecule has 9 nitrogen and oxygen atoms in total. The third kappa shape index (κ3) is 61.4. The van der Waals surface area contributed by atoms with Crippen molar-refractivity contribution in [3.63, 3.8) is 0 Å². The van der Waals surface area contributed by atoms with Gasteiger partial charge in [-0.1, -0.05) is 244 Å². The molecule has 0 bridgehead atoms. The Bertz CT molecular complexity index is 1780. The zero-order valence-corrected chi connectivity index (χ0v) is 51.2. The normalized spacial score (nSPS) is 14.2. The maximum Gasteiger partial charge on any atom is 0.306 e. The van der Waals surface area contributed by atoms with Gasteiger partial charge in [0.15, 0.2) is 6.10 Å². The number of nitrogens with zero attached hydrogens (tertiary/aromatic N) is 1. The van der Waals surface area contributed by atoms with Crippen molar-refractivity contribution in [1.82, 2.24) is 0 Å². The summed E-state index contributed by atoms with van der Waals surface area (Å²) in [5.41, 5.74) is 0. The number of rotatable bonds is 55. The molecule has 2 atom stereocenters. The molecular weight excluding hydrogens is 990 g/mol. The summed E-state index contributed by atoms with van der Waals surface area (Å²) in [5.74, 6) is -0.857. The van der Waals surface area contributed by atoms with Crippen molar-refractivity contribution < 1.29 is 42.1 Å². The Morgan fingerprint density at radius 2 is 0.692 bits per heavy atom. The van der Waals surface area contributed by atoms with E-state index in [1.807, 2.05) is 21.1 Å². The molecule has 0 heterocycles. The number of esters is 2. The summed E-state index contributed by atoms with van der Waals surface area (Å²) in [4.78, 5) is 37.9. The molecular formula is C68H114NO8P. The van der Waals surface area contributed by atoms with Crippen LogP contribution in [0.25, 0.3) is 0 Å². The van der Waals surface area contributed by atoms with Crippen molar-refractivity contribution >= 4 is 19.8 Å². The fourth-order valence-electron chi connectivity index (χ4n) is 7.98. The zero-order valence-electron chi connectivity index (χ0n) is 50.3. The minimum atomic E-state index is -4.65. The summed E-state index contributed by atoms with van der Waals surface area (Å²) in [7, 11) is 1.14. The Hall–Kier alpha value is -3.85. The highest BCUT2D eigenvalue weighted by molar-refractivity contribution is 7.45. The van der Waals surface area contributed by atoms with Crippen LogP contribution in [0, 0.1) is 0 Å². The van der Waals surface area contributed by atoms with Crippen LogP contribution in [0.3, 0.4) is 0 Å². The molecule has 78 heavy (non-hydrogen) atoms. The van der Waals surface area contributed by atoms with E-state index < -0.39 is 32.5 Å². The third-order valence-electron chi connectivity index (χ3n) is 12.7. The lowest BCUT2D eigenvalue weighted by atomic mass is 10.0. The molecule has 0 aromatic rings. The summed E-state index contributed by atoms with van der Waals surface area (Å²) >= 11 is 0. The molecule has 0 aromatic heterocycles. The molecule has 0 radical (unpaired) electrons. The van der Waals surface area contributed by atoms with E-state index in [1.54, 1.807) is 0 Å². The summed E-state index contributed by atoms with van der Waals surface area (Å²) in [6.07, 6.45) is 83.6. The first-order valence-electron chi connectivity index (χ1n) is 30.9. The van der Waals surface area contributed by atoms with Gasteiger partial charge in [-0.3, -0.25) is 14.2 Å². The van der Waals surface area contributed by atoms with E-state index in [0.29, 0.717) is 23.9 Å². The highest BCUT2D eigenvalue weighted by atomic mass is 31.2. The van der Waals surface area contributed by atoms with Crippen LogP contribution in [-0.4, -0.2) is 70.0 Å². The van der Waals surface area contributed by atoms with Gasteiger partial charge in [-0.2, -0.15) is 0 Å². The Balaban J connectivity index is 4.13. The van der Waals surface area contributed by atoms with E-state index >= 15 is 0 Å². The third-order valence-corrected chi connectivity index (χ3v) is 13.6. The quantitative estimate of drug-likeness (QED) is 0.0195. The van der Waals surface area contributed by atoms with Crippen LogP contribution in [0.4, 0.5) is 0 Å². The number of phosphoric ester groups is 1. The maximum atomic E-state index is 12.8. The molecule has 0 saturated heterocycles. The first-order valence-corrected chi connectivity index (χ1v) is 32.4. The fourth-order valence-corrected chi connectivity index (χ4v) is 8.71. The number of allylic oxidation sites excluding steroid dienone is 22. The van der Waals surface area contributed by atoms with Crippen molar-refractivity contribution in [1.29, 1.82) is 0 Å². The Morgan fingerprint density at radius 3 is 1.03 bits per heavy atom. The lowest BCUT2D eigenvalue weighted by molar-refractivity contribution is -0.870. The SMILES string of the molecule is CC/C=C\C/C=C\C/C=C\C/C=C\C/C=C\C/C=C\C/C=C\CCCCCCCCCCCCCCCC(=O)OC(COC(=O)CCCCCCCC/C=C\C/C=C\C/C=C\C/C=C\CC)COP(=O)([O-])OCC[N+](C)(C)C. The second-order valence-electron chi connectivity index (χ2n) is 21.3. The van der Waals surface area contributed by atoms with Crippen LogP contribution in [-0.2, 0) is 32.7 Å². The number of hydrogen-bond donors (Lipinski definition) is 0. The van der Waals surface area contributed by atoms with E-state index in [9.17, 15) is 19.0 Å². The summed E-state index contributed by atoms with van der Waals surface area (Å²) in [6.45, 7) is 3.98. The first kappa shape index (κ1) is 74.2. The van der Waals surface area contributed by atoms with Crippen LogP contribution in [0.5, 0.6) is 0 Å². The number of phosphoric acid groups is 1. The monoisotopic (exact) mass is 1100 g/mol. The average molecular weight is 1100 g/mol. The second kappa shape index (κ2) is 57.8. The first-order chi connectivity index (χ1) is 38.0. The number of hydrogen-bond acceptors (Lipinski definition) is 8. The number of carbonyl (C=O) groups is 2. The highest BCUT2D eigenvalue weighted by Gasteiger charge is 2.22. The van der Waals surface area contributed by atoms with Gasteiger partial charge >= 0.3 is 11.9 Å². The number of ether oxygens (including phenoxy) is 2. The fraction of sp³-hybridized carbons (Fsp3) is 0.647. The standard InChI is InChI=1S/C68H114NO8P/c1-6-8-10-12-14-16-18-20-22-24-26-27-28-29-30-31-32-33-34-35-36-37-38-39-40-41-43-45-47-49-51-53-55-57-59-61-68(71)77-66(65-76-78(72,73)75-63-62-69(3,4)5)64-74-67(70)60-58-56-54-52-50-48-46-44-42-25-23-21-19-17-15-13-11-9-7-2/h8-11,14-17,20-23,26-27,29-30,32-33,35-36,42,44,66H,6-7,12-13,18-19,24-25,28,31,34,37-41,43,45-65H2,1-5H3/b10-8-,11-9-,16-14-,17-15-,22-20-,23-21-,27-26-,30-29-,33-32-,36-35-,44-42-. The van der Waals surface area contributed by atoms with Gasteiger partial charge in [0, 0.05) is 12.8 Å². The van der Waals surface area contributed by atoms with E-state index in [0.717, 1.165) is 128 Å². The van der Waals surface area contributed by atoms with E-state index in [2.05, 4.69) is 148 Å². The largest absolute Gasteiger partial charge is 0.756 e. The predicted octanol–water partition coefficient (Wildman–Crippen LogP) is 19.1. The lowest BCUT2D eigenvalue weighted by Crippen LogP contribution is -2.37. The topological polar surface area (TPSA) is 111 Å². The number of carbonyl (C=O) groups excluding carboxylic acids is 2. The number of likely N-dealkylation sites (N-methyl/N-ethyl adjacent to an activating group) is 1. The van der Waals surface area contributed by atoms with Crippen LogP contribution in [0.2, 0.25) is 0 Å². The van der Waals surface area contributed by atoms with Crippen molar-refractivity contribution in [2.45, 2.75) is 238 Å². The van der Waals surface area contributed by atoms with Crippen molar-refractivity contribution in [2.24, 2.45) is 0 Å². The minimum absolute atomic E-state index is 0.0399. The molecule has 0 aromatic carbocycles. The van der Waals surface area contributed by atoms with Gasteiger partial charge in [0.2, 0.25) is 0 Å². The molecule has 444 valence electrons. The summed E-state index contributed by atoms with van der Waals surface area (Å²) in [6, 6.07) is 0. The molecule has 10 heteroatoms. The lowest BCUT2D eigenvalue weighted by Gasteiger charge is -2.28. The van der Waals surface area contributed by atoms with Gasteiger partial charge in [0.1, 0.15) is 19.8 Å². The molecule has 0 N–H and O–H groups in total. The molecule has 0 aliphatic rings. The van der Waals surface area contributed by atoms with Crippen LogP contribution in [0.15, 0.2) is 134 Å². The van der Waals surface area contributed by atoms with E-state index in [-0.39, 0.29) is 26.1 Å². The van der Waals surface area contributed by atoms with E-state index in [1.165, 1.54) is 64.2 Å². The zero-order chi connectivity index (χ0) is 57.0. The van der Waals surface area contributed by atoms with Gasteiger partial charge in [0.25, 0.3) is 7.82 Å². The highest BCUT2D eigenvalue weighted by Crippen LogP contribution is 2.38. The smallest absolute Gasteiger partial charge is 0.306 e. The summed E-state index contributed by atoms with van der Waals surface area (Å²) in [5, 5.41) is 0. The predicted molar refractivity (Wildman–Crippen MR) is 332 cm³/mol. The molecule has 2 unspecified atom stereocenters. The van der Waals surface area contributed by atoms with Gasteiger partial charge in [-0.15, -0.1) is 0 Å². The van der Waals surface area contributed by atoms with E-state index in [4.69, 9.17) is 18.5 Å². The van der Waals surface area contributed by atoms with Gasteiger partial charge in [-0.05, 0) is 109 Å². The average Bonchev–Trinajstić information content (AvgIpc) is 3.41. The Kier molecular flexibility index (Phi) is 55.0. The van der Waals surface area contributed by atoms with Crippen LogP contribution < -0.4 is 4.89 Å². The van der Waals surface area contributed by atoms with Gasteiger partial charge in [-0.25, -0.2) is 0 Å². The second-order valence-corrected chi connectivity index (χ2v) is 22.7. The van der Waals surface area contributed by atoms with Crippen molar-refractivity contribution in [3.8, 4) is 0 Å². The number of unbranched alkanes of at least 4 members (excludes halogenated alkanes) is 19. The molecule has 0 saturated carbocycles. The van der Waals surface area contributed by atoms with Gasteiger partial charge < -0.3 is 27.9 Å². The maximum absolute atomic E-state index is 12.8. The number of quaternary nitrogens is 1. The van der Waals surface area contributed by atoms with Gasteiger partial charge in [0.05, 0.1) is 27.7 Å². The molecule has 0 spiro atoms. The van der Waals surface area contributed by atoms with Crippen LogP contribution >= 0.6 is 7.82 Å². The summed E-state index contributed by atoms with van der Waals surface area (Å²) < 4.78 is 34.2. The molecule has 0 rings (SSSR count). The minimum Gasteiger partial charge on any atom is -0.756 e. The molecule has 0 amide bonds. The Labute approximate surface area is 479 Å². The molecule has 0 aliphatic heterocycles. The van der Waals surface area contributed by atoms with Crippen molar-refractivity contribution in [3.05, 3.63) is 134 Å². The Morgan fingerprint density at radius 1 is 0.397 bits per heavy atom. The molecule has 0 fully saturated rings. The van der Waals surface area contributed by atoms with Crippen molar-refractivity contribution in [2.75, 3.05) is 47.5 Å². The molecule has 0 aliphatic carbocycles.